The standard InChI is InChI=1S/C24H27ClN4O3/c25-20-3-1-19(2-4-20)24(5-10-31-11-6-24)23(30)29-9-12-32-17-18(15-29)13-21-16-28-8-7-26-22(28)14-27-21/h1-4,7-8,14,16,18H,5-6,9-13,15,17H2. The van der Waals surface area contributed by atoms with Crippen LogP contribution in [-0.4, -0.2) is 64.7 Å². The summed E-state index contributed by atoms with van der Waals surface area (Å²) in [5, 5.41) is 0.675. The van der Waals surface area contributed by atoms with Gasteiger partial charge in [0, 0.05) is 55.8 Å². The lowest BCUT2D eigenvalue weighted by molar-refractivity contribution is -0.141. The molecular formula is C24H27ClN4O3. The number of hydrogen-bond donors (Lipinski definition) is 0. The first kappa shape index (κ1) is 21.4. The van der Waals surface area contributed by atoms with Crippen LogP contribution in [-0.2, 0) is 26.1 Å². The minimum atomic E-state index is -0.578. The van der Waals surface area contributed by atoms with Crippen LogP contribution in [0.5, 0.6) is 0 Å². The van der Waals surface area contributed by atoms with E-state index in [-0.39, 0.29) is 11.8 Å². The Kier molecular flexibility index (Phi) is 6.13. The second-order valence-corrected chi connectivity index (χ2v) is 9.11. The first-order valence-electron chi connectivity index (χ1n) is 11.1. The molecule has 3 aromatic rings. The van der Waals surface area contributed by atoms with Gasteiger partial charge in [-0.05, 0) is 37.0 Å². The molecule has 5 rings (SSSR count). The molecule has 0 aliphatic carbocycles. The van der Waals surface area contributed by atoms with Crippen LogP contribution in [0.25, 0.3) is 5.65 Å². The van der Waals surface area contributed by atoms with Gasteiger partial charge in [0.15, 0.2) is 5.65 Å². The average Bonchev–Trinajstić information content (AvgIpc) is 3.17. The molecule has 4 heterocycles. The van der Waals surface area contributed by atoms with Crippen molar-refractivity contribution in [3.63, 3.8) is 0 Å². The molecule has 0 bridgehead atoms. The highest BCUT2D eigenvalue weighted by Gasteiger charge is 2.44. The van der Waals surface area contributed by atoms with E-state index in [4.69, 9.17) is 21.1 Å². The van der Waals surface area contributed by atoms with Gasteiger partial charge in [-0.3, -0.25) is 9.78 Å². The highest BCUT2D eigenvalue weighted by Crippen LogP contribution is 2.38. The zero-order chi connectivity index (χ0) is 22.0. The van der Waals surface area contributed by atoms with Crippen LogP contribution in [0.3, 0.4) is 0 Å². The number of ether oxygens (including phenoxy) is 2. The Hall–Kier alpha value is -2.48. The van der Waals surface area contributed by atoms with Crippen LogP contribution < -0.4 is 0 Å². The van der Waals surface area contributed by atoms with Gasteiger partial charge in [0.2, 0.25) is 5.91 Å². The van der Waals surface area contributed by atoms with Crippen LogP contribution >= 0.6 is 11.6 Å². The maximum atomic E-state index is 14.0. The minimum Gasteiger partial charge on any atom is -0.381 e. The smallest absolute Gasteiger partial charge is 0.233 e. The molecule has 1 atom stereocenters. The van der Waals surface area contributed by atoms with Crippen molar-refractivity contribution in [3.8, 4) is 0 Å². The van der Waals surface area contributed by atoms with E-state index in [2.05, 4.69) is 9.97 Å². The molecule has 1 aromatic carbocycles. The highest BCUT2D eigenvalue weighted by atomic mass is 35.5. The molecular weight excluding hydrogens is 428 g/mol. The number of aromatic nitrogens is 3. The van der Waals surface area contributed by atoms with Crippen molar-refractivity contribution in [1.82, 2.24) is 19.3 Å². The van der Waals surface area contributed by atoms with E-state index in [0.29, 0.717) is 57.4 Å². The van der Waals surface area contributed by atoms with Gasteiger partial charge in [0.1, 0.15) is 0 Å². The van der Waals surface area contributed by atoms with Crippen LogP contribution in [0.4, 0.5) is 0 Å². The summed E-state index contributed by atoms with van der Waals surface area (Å²) in [6.07, 6.45) is 9.57. The van der Waals surface area contributed by atoms with Crippen molar-refractivity contribution in [1.29, 1.82) is 0 Å². The summed E-state index contributed by atoms with van der Waals surface area (Å²) in [5.74, 6) is 0.341. The minimum absolute atomic E-state index is 0.164. The zero-order valence-corrected chi connectivity index (χ0v) is 18.7. The van der Waals surface area contributed by atoms with Gasteiger partial charge in [-0.15, -0.1) is 0 Å². The molecule has 168 valence electrons. The molecule has 2 aliphatic rings. The molecule has 2 aliphatic heterocycles. The number of rotatable bonds is 4. The van der Waals surface area contributed by atoms with Gasteiger partial charge < -0.3 is 18.8 Å². The van der Waals surface area contributed by atoms with Crippen molar-refractivity contribution in [2.45, 2.75) is 24.7 Å². The van der Waals surface area contributed by atoms with Crippen LogP contribution in [0, 0.1) is 5.92 Å². The van der Waals surface area contributed by atoms with Crippen LogP contribution in [0.15, 0.2) is 49.1 Å². The van der Waals surface area contributed by atoms with E-state index >= 15 is 0 Å². The fourth-order valence-corrected chi connectivity index (χ4v) is 5.00. The van der Waals surface area contributed by atoms with E-state index < -0.39 is 5.41 Å². The van der Waals surface area contributed by atoms with Gasteiger partial charge in [-0.1, -0.05) is 23.7 Å². The van der Waals surface area contributed by atoms with Crippen LogP contribution in [0.2, 0.25) is 5.02 Å². The number of carbonyl (C=O) groups excluding carboxylic acids is 1. The summed E-state index contributed by atoms with van der Waals surface area (Å²) in [6.45, 7) is 3.57. The number of benzene rings is 1. The van der Waals surface area contributed by atoms with Gasteiger partial charge in [-0.2, -0.15) is 0 Å². The quantitative estimate of drug-likeness (QED) is 0.605. The van der Waals surface area contributed by atoms with E-state index in [1.807, 2.05) is 46.0 Å². The molecule has 2 aromatic heterocycles. The van der Waals surface area contributed by atoms with Crippen molar-refractivity contribution < 1.29 is 14.3 Å². The van der Waals surface area contributed by atoms with E-state index in [1.54, 1.807) is 12.4 Å². The molecule has 32 heavy (non-hydrogen) atoms. The summed E-state index contributed by atoms with van der Waals surface area (Å²) in [4.78, 5) is 24.8. The molecule has 1 amide bonds. The lowest BCUT2D eigenvalue weighted by atomic mass is 9.73. The number of fused-ring (bicyclic) bond motifs is 1. The molecule has 0 N–H and O–H groups in total. The SMILES string of the molecule is O=C(N1CCOCC(Cc2cn3ccnc3cn2)C1)C1(c2ccc(Cl)cc2)CCOCC1. The van der Waals surface area contributed by atoms with Crippen molar-refractivity contribution in [2.24, 2.45) is 5.92 Å². The molecule has 8 heteroatoms. The number of halogens is 1. The Morgan fingerprint density at radius 3 is 2.75 bits per heavy atom. The first-order valence-corrected chi connectivity index (χ1v) is 11.5. The van der Waals surface area contributed by atoms with Gasteiger partial charge in [-0.25, -0.2) is 4.98 Å². The van der Waals surface area contributed by atoms with Gasteiger partial charge in [0.05, 0.1) is 30.5 Å². The first-order chi connectivity index (χ1) is 15.6. The molecule has 0 radical (unpaired) electrons. The molecule has 1 unspecified atom stereocenters. The fourth-order valence-electron chi connectivity index (χ4n) is 4.88. The molecule has 0 saturated carbocycles. The van der Waals surface area contributed by atoms with E-state index in [1.165, 1.54) is 0 Å². The molecule has 2 saturated heterocycles. The van der Waals surface area contributed by atoms with Crippen LogP contribution in [0.1, 0.15) is 24.1 Å². The predicted molar refractivity (Wildman–Crippen MR) is 121 cm³/mol. The number of imidazole rings is 1. The van der Waals surface area contributed by atoms with E-state index in [0.717, 1.165) is 23.3 Å². The third kappa shape index (κ3) is 4.25. The third-order valence-electron chi connectivity index (χ3n) is 6.61. The van der Waals surface area contributed by atoms with Gasteiger partial charge in [0.25, 0.3) is 0 Å². The maximum absolute atomic E-state index is 14.0. The van der Waals surface area contributed by atoms with Crippen molar-refractivity contribution in [3.05, 3.63) is 65.3 Å². The summed E-state index contributed by atoms with van der Waals surface area (Å²) in [7, 11) is 0. The maximum Gasteiger partial charge on any atom is 0.233 e. The molecule has 7 nitrogen and oxygen atoms in total. The van der Waals surface area contributed by atoms with Crippen molar-refractivity contribution >= 4 is 23.2 Å². The number of hydrogen-bond acceptors (Lipinski definition) is 5. The number of nitrogens with zero attached hydrogens (tertiary/aromatic N) is 4. The average molecular weight is 455 g/mol. The zero-order valence-electron chi connectivity index (χ0n) is 18.0. The predicted octanol–water partition coefficient (Wildman–Crippen LogP) is 3.15. The second kappa shape index (κ2) is 9.17. The largest absolute Gasteiger partial charge is 0.381 e. The Bertz CT molecular complexity index is 1080. The highest BCUT2D eigenvalue weighted by molar-refractivity contribution is 6.30. The normalized spacial score (nSPS) is 21.4. The summed E-state index contributed by atoms with van der Waals surface area (Å²) >= 11 is 6.12. The number of amides is 1. The summed E-state index contributed by atoms with van der Waals surface area (Å²) < 4.78 is 13.5. The fraction of sp³-hybridized carbons (Fsp3) is 0.458. The Morgan fingerprint density at radius 2 is 1.94 bits per heavy atom. The lowest BCUT2D eigenvalue weighted by Crippen LogP contribution is -2.51. The van der Waals surface area contributed by atoms with Gasteiger partial charge >= 0.3 is 0 Å². The second-order valence-electron chi connectivity index (χ2n) is 8.67. The Balaban J connectivity index is 1.37. The Labute approximate surface area is 192 Å². The monoisotopic (exact) mass is 454 g/mol. The number of carbonyl (C=O) groups is 1. The van der Waals surface area contributed by atoms with Crippen molar-refractivity contribution in [2.75, 3.05) is 39.5 Å². The lowest BCUT2D eigenvalue weighted by Gasteiger charge is -2.40. The molecule has 0 spiro atoms. The molecule has 2 fully saturated rings. The third-order valence-corrected chi connectivity index (χ3v) is 6.86. The summed E-state index contributed by atoms with van der Waals surface area (Å²) in [6, 6.07) is 7.71. The Morgan fingerprint density at radius 1 is 1.12 bits per heavy atom. The summed E-state index contributed by atoms with van der Waals surface area (Å²) in [5.41, 5.74) is 2.24. The topological polar surface area (TPSA) is 69.0 Å². The van der Waals surface area contributed by atoms with E-state index in [9.17, 15) is 4.79 Å².